The van der Waals surface area contributed by atoms with Crippen molar-refractivity contribution in [1.29, 1.82) is 0 Å². The molecule has 0 spiro atoms. The normalized spacial score (nSPS) is 17.4. The summed E-state index contributed by atoms with van der Waals surface area (Å²) < 4.78 is 43.6. The monoisotopic (exact) mass is 479 g/mol. The molecule has 1 aliphatic rings. The van der Waals surface area contributed by atoms with Gasteiger partial charge in [0.2, 0.25) is 0 Å². The van der Waals surface area contributed by atoms with Gasteiger partial charge < -0.3 is 4.79 Å². The van der Waals surface area contributed by atoms with Gasteiger partial charge in [-0.2, -0.15) is 0 Å². The van der Waals surface area contributed by atoms with E-state index in [2.05, 4.69) is 47.0 Å². The Morgan fingerprint density at radius 1 is 1.21 bits per heavy atom. The number of hydrogen-bond acceptors (Lipinski definition) is 2. The zero-order valence-electron chi connectivity index (χ0n) is 16.4. The van der Waals surface area contributed by atoms with E-state index in [0.29, 0.717) is 21.9 Å². The topological polar surface area (TPSA) is 20.3 Å². The summed E-state index contributed by atoms with van der Waals surface area (Å²) in [6, 6.07) is 4.84. The van der Waals surface area contributed by atoms with Gasteiger partial charge in [-0.3, -0.25) is 4.90 Å². The van der Waals surface area contributed by atoms with Gasteiger partial charge in [-0.15, -0.1) is 11.5 Å². The van der Waals surface area contributed by atoms with E-state index in [9.17, 15) is 18.0 Å². The number of carbonyl (C=O) groups is 1. The molecule has 0 aliphatic carbocycles. The average Bonchev–Trinajstić information content (AvgIpc) is 2.98. The molecule has 2 nitrogen and oxygen atoms in total. The molecule has 0 bridgehead atoms. The van der Waals surface area contributed by atoms with Gasteiger partial charge in [-0.1, -0.05) is 35.6 Å². The lowest BCUT2D eigenvalue weighted by atomic mass is 9.99. The molecule has 0 N–H and O–H groups in total. The van der Waals surface area contributed by atoms with Crippen LogP contribution in [0.15, 0.2) is 34.8 Å². The number of benzene rings is 2. The average molecular weight is 480 g/mol. The van der Waals surface area contributed by atoms with Crippen LogP contribution in [0, 0.1) is 28.9 Å². The Hall–Kier alpha value is -1.88. The first-order valence-electron chi connectivity index (χ1n) is 9.24. The maximum absolute atomic E-state index is 14.6. The fourth-order valence-electron chi connectivity index (χ4n) is 3.56. The van der Waals surface area contributed by atoms with Crippen LogP contribution in [0.25, 0.3) is 0 Å². The molecule has 0 radical (unpaired) electrons. The number of aldehydes is 1. The fourth-order valence-corrected chi connectivity index (χ4v) is 4.64. The third-order valence-corrected chi connectivity index (χ3v) is 6.20. The summed E-state index contributed by atoms with van der Waals surface area (Å²) in [5.41, 5.74) is 4.28. The van der Waals surface area contributed by atoms with E-state index >= 15 is 0 Å². The van der Waals surface area contributed by atoms with E-state index in [1.165, 1.54) is 6.07 Å². The lowest BCUT2D eigenvalue weighted by molar-refractivity contribution is -0.113. The Bertz CT molecular complexity index is 1010. The van der Waals surface area contributed by atoms with Gasteiger partial charge in [0.25, 0.3) is 0 Å². The van der Waals surface area contributed by atoms with E-state index in [0.717, 1.165) is 18.2 Å². The second-order valence-corrected chi connectivity index (χ2v) is 13.8. The van der Waals surface area contributed by atoms with Crippen molar-refractivity contribution in [3.8, 4) is 11.5 Å². The van der Waals surface area contributed by atoms with Crippen molar-refractivity contribution in [2.45, 2.75) is 44.7 Å². The van der Waals surface area contributed by atoms with Crippen molar-refractivity contribution in [3.63, 3.8) is 0 Å². The summed E-state index contributed by atoms with van der Waals surface area (Å²) in [6.07, 6.45) is 0.930. The summed E-state index contributed by atoms with van der Waals surface area (Å²) in [7, 11) is -1.68. The van der Waals surface area contributed by atoms with Gasteiger partial charge in [0.05, 0.1) is 12.1 Å². The number of hydrogen-bond donors (Lipinski definition) is 0. The predicted molar refractivity (Wildman–Crippen MR) is 113 cm³/mol. The van der Waals surface area contributed by atoms with Gasteiger partial charge in [0.15, 0.2) is 0 Å². The molecule has 0 saturated heterocycles. The quantitative estimate of drug-likeness (QED) is 0.307. The Morgan fingerprint density at radius 3 is 2.59 bits per heavy atom. The van der Waals surface area contributed by atoms with E-state index in [1.807, 2.05) is 0 Å². The van der Waals surface area contributed by atoms with Crippen molar-refractivity contribution in [2.75, 3.05) is 0 Å². The lowest BCUT2D eigenvalue weighted by Crippen LogP contribution is -2.29. The Labute approximate surface area is 178 Å². The van der Waals surface area contributed by atoms with Crippen LogP contribution in [0.2, 0.25) is 19.6 Å². The highest BCUT2D eigenvalue weighted by Gasteiger charge is 2.38. The molecule has 2 unspecified atom stereocenters. The second-order valence-electron chi connectivity index (χ2n) is 8.15. The highest BCUT2D eigenvalue weighted by Crippen LogP contribution is 2.42. The first kappa shape index (κ1) is 21.8. The molecule has 2 aromatic rings. The molecule has 7 heteroatoms. The first-order chi connectivity index (χ1) is 13.6. The number of rotatable bonds is 4. The minimum absolute atomic E-state index is 0.118. The maximum Gasteiger partial charge on any atom is 0.141 e. The molecule has 152 valence electrons. The number of halogens is 4. The molecule has 0 aromatic heterocycles. The molecule has 3 rings (SSSR count). The molecule has 29 heavy (non-hydrogen) atoms. The molecule has 0 fully saturated rings. The van der Waals surface area contributed by atoms with Crippen molar-refractivity contribution >= 4 is 30.3 Å². The van der Waals surface area contributed by atoms with Crippen LogP contribution >= 0.6 is 15.9 Å². The highest BCUT2D eigenvalue weighted by atomic mass is 79.9. The van der Waals surface area contributed by atoms with Crippen LogP contribution in [0.5, 0.6) is 0 Å². The fraction of sp³-hybridized carbons (Fsp3) is 0.318. The largest absolute Gasteiger partial charge is 0.301 e. The SMILES string of the molecule is C[Si](C)(C)C#CCC(c1cc(F)ccc1F)N1Cc2c(F)cc(Br)cc2C1C=O. The summed E-state index contributed by atoms with van der Waals surface area (Å²) >= 11 is 3.26. The van der Waals surface area contributed by atoms with Gasteiger partial charge in [-0.25, -0.2) is 13.2 Å². The van der Waals surface area contributed by atoms with Crippen LogP contribution in [0.4, 0.5) is 13.2 Å². The Balaban J connectivity index is 2.08. The standard InChI is InChI=1S/C22H21BrF3NOSi/c1-29(2,3)8-4-5-21(17-11-15(24)6-7-19(17)25)27-12-18-16(22(27)13-28)9-14(23)10-20(18)26/h6-7,9-11,13,21-22H,5,12H2,1-3H3. The third-order valence-electron chi connectivity index (χ3n) is 4.82. The first-order valence-corrected chi connectivity index (χ1v) is 13.5. The maximum atomic E-state index is 14.6. The van der Waals surface area contributed by atoms with E-state index in [4.69, 9.17) is 0 Å². The zero-order valence-corrected chi connectivity index (χ0v) is 19.0. The lowest BCUT2D eigenvalue weighted by Gasteiger charge is -2.30. The Kier molecular flexibility index (Phi) is 6.37. The summed E-state index contributed by atoms with van der Waals surface area (Å²) in [6.45, 7) is 6.38. The summed E-state index contributed by atoms with van der Waals surface area (Å²) in [4.78, 5) is 13.6. The number of nitrogens with zero attached hydrogens (tertiary/aromatic N) is 1. The number of carbonyl (C=O) groups excluding carboxylic acids is 1. The van der Waals surface area contributed by atoms with E-state index in [1.54, 1.807) is 11.0 Å². The molecular formula is C22H21BrF3NOSi. The molecule has 1 aliphatic heterocycles. The second kappa shape index (κ2) is 8.47. The van der Waals surface area contributed by atoms with Gasteiger partial charge in [0, 0.05) is 28.6 Å². The minimum Gasteiger partial charge on any atom is -0.301 e. The Morgan fingerprint density at radius 2 is 1.93 bits per heavy atom. The van der Waals surface area contributed by atoms with Crippen molar-refractivity contribution in [1.82, 2.24) is 4.90 Å². The van der Waals surface area contributed by atoms with Crippen LogP contribution in [0.3, 0.4) is 0 Å². The van der Waals surface area contributed by atoms with Crippen LogP contribution < -0.4 is 0 Å². The van der Waals surface area contributed by atoms with Gasteiger partial charge in [0.1, 0.15) is 31.8 Å². The van der Waals surface area contributed by atoms with Gasteiger partial charge >= 0.3 is 0 Å². The molecular weight excluding hydrogens is 459 g/mol. The number of fused-ring (bicyclic) bond motifs is 1. The van der Waals surface area contributed by atoms with Crippen LogP contribution in [-0.4, -0.2) is 19.3 Å². The summed E-state index contributed by atoms with van der Waals surface area (Å²) in [5, 5.41) is 0. The van der Waals surface area contributed by atoms with Crippen molar-refractivity contribution < 1.29 is 18.0 Å². The molecule has 2 aromatic carbocycles. The zero-order chi connectivity index (χ0) is 21.3. The van der Waals surface area contributed by atoms with Crippen molar-refractivity contribution in [2.24, 2.45) is 0 Å². The van der Waals surface area contributed by atoms with Crippen LogP contribution in [-0.2, 0) is 11.3 Å². The minimum atomic E-state index is -1.68. The summed E-state index contributed by atoms with van der Waals surface area (Å²) in [5.74, 6) is 1.53. The molecule has 0 saturated carbocycles. The van der Waals surface area contributed by atoms with Gasteiger partial charge in [-0.05, 0) is 35.9 Å². The molecule has 1 heterocycles. The smallest absolute Gasteiger partial charge is 0.141 e. The molecule has 2 atom stereocenters. The highest BCUT2D eigenvalue weighted by molar-refractivity contribution is 9.10. The van der Waals surface area contributed by atoms with Crippen molar-refractivity contribution in [3.05, 3.63) is 68.9 Å². The van der Waals surface area contributed by atoms with E-state index in [-0.39, 0.29) is 18.5 Å². The predicted octanol–water partition coefficient (Wildman–Crippen LogP) is 5.93. The van der Waals surface area contributed by atoms with Crippen LogP contribution in [0.1, 0.15) is 35.2 Å². The molecule has 0 amide bonds. The van der Waals surface area contributed by atoms with E-state index < -0.39 is 37.6 Å². The third kappa shape index (κ3) is 4.82.